The maximum atomic E-state index is 12.5. The third-order valence-electron chi connectivity index (χ3n) is 3.09. The lowest BCUT2D eigenvalue weighted by Gasteiger charge is -2.33. The lowest BCUT2D eigenvalue weighted by Crippen LogP contribution is -2.52. The van der Waals surface area contributed by atoms with Crippen molar-refractivity contribution in [2.24, 2.45) is 0 Å². The molecule has 1 heterocycles. The molecule has 0 spiro atoms. The van der Waals surface area contributed by atoms with Crippen LogP contribution in [0.2, 0.25) is 5.02 Å². The second-order valence-corrected chi connectivity index (χ2v) is 6.69. The second kappa shape index (κ2) is 6.74. The van der Waals surface area contributed by atoms with Crippen LogP contribution in [0, 0.1) is 11.3 Å². The van der Waals surface area contributed by atoms with Crippen molar-refractivity contribution < 1.29 is 8.42 Å². The van der Waals surface area contributed by atoms with E-state index in [1.54, 1.807) is 0 Å². The number of rotatable bonds is 2. The zero-order valence-corrected chi connectivity index (χ0v) is 13.2. The van der Waals surface area contributed by atoms with Crippen LogP contribution >= 0.6 is 24.0 Å². The average Bonchev–Trinajstić information content (AvgIpc) is 2.38. The van der Waals surface area contributed by atoms with Crippen LogP contribution < -0.4 is 5.32 Å². The van der Waals surface area contributed by atoms with E-state index in [9.17, 15) is 8.42 Å². The molecule has 1 aromatic carbocycles. The van der Waals surface area contributed by atoms with E-state index in [1.807, 2.05) is 13.0 Å². The minimum atomic E-state index is -3.61. The normalized spacial score (nSPS) is 19.9. The van der Waals surface area contributed by atoms with E-state index in [1.165, 1.54) is 22.5 Å². The first-order chi connectivity index (χ1) is 8.96. The van der Waals surface area contributed by atoms with Crippen molar-refractivity contribution in [3.8, 4) is 6.07 Å². The molecular weight excluding hydrogens is 321 g/mol. The Balaban J connectivity index is 0.00000200. The number of benzene rings is 1. The van der Waals surface area contributed by atoms with Crippen molar-refractivity contribution in [2.45, 2.75) is 17.9 Å². The molecular formula is C12H15Cl2N3O2S. The summed E-state index contributed by atoms with van der Waals surface area (Å²) in [4.78, 5) is 0.0573. The number of hydrogen-bond donors (Lipinski definition) is 1. The molecule has 5 nitrogen and oxygen atoms in total. The molecule has 0 aliphatic carbocycles. The molecule has 1 N–H and O–H groups in total. The predicted octanol–water partition coefficient (Wildman–Crippen LogP) is 1.62. The molecule has 0 saturated carbocycles. The highest BCUT2D eigenvalue weighted by Gasteiger charge is 2.32. The smallest absolute Gasteiger partial charge is 0.244 e. The van der Waals surface area contributed by atoms with Crippen molar-refractivity contribution in [3.63, 3.8) is 0 Å². The molecule has 20 heavy (non-hydrogen) atoms. The Morgan fingerprint density at radius 3 is 2.75 bits per heavy atom. The van der Waals surface area contributed by atoms with Crippen molar-refractivity contribution in [1.82, 2.24) is 9.62 Å². The van der Waals surface area contributed by atoms with Gasteiger partial charge in [0.1, 0.15) is 4.90 Å². The Hall–Kier alpha value is -0.840. The quantitative estimate of drug-likeness (QED) is 0.891. The molecule has 1 unspecified atom stereocenters. The lowest BCUT2D eigenvalue weighted by atomic mass is 10.2. The number of nitrogens with zero attached hydrogens (tertiary/aromatic N) is 2. The van der Waals surface area contributed by atoms with E-state index in [0.717, 1.165) is 0 Å². The van der Waals surface area contributed by atoms with E-state index in [2.05, 4.69) is 5.32 Å². The van der Waals surface area contributed by atoms with Crippen LogP contribution in [0.25, 0.3) is 0 Å². The van der Waals surface area contributed by atoms with Crippen LogP contribution in [0.1, 0.15) is 12.5 Å². The highest BCUT2D eigenvalue weighted by Crippen LogP contribution is 2.27. The zero-order chi connectivity index (χ0) is 14.0. The molecule has 1 saturated heterocycles. The van der Waals surface area contributed by atoms with E-state index >= 15 is 0 Å². The monoisotopic (exact) mass is 335 g/mol. The van der Waals surface area contributed by atoms with Crippen molar-refractivity contribution in [2.75, 3.05) is 19.6 Å². The van der Waals surface area contributed by atoms with Gasteiger partial charge < -0.3 is 5.32 Å². The Morgan fingerprint density at radius 2 is 2.20 bits per heavy atom. The number of nitriles is 1. The van der Waals surface area contributed by atoms with Crippen LogP contribution in [0.5, 0.6) is 0 Å². The van der Waals surface area contributed by atoms with Crippen LogP contribution in [-0.2, 0) is 10.0 Å². The molecule has 1 aliphatic heterocycles. The highest BCUT2D eigenvalue weighted by atomic mass is 35.5. The maximum Gasteiger partial charge on any atom is 0.244 e. The molecule has 1 aromatic rings. The van der Waals surface area contributed by atoms with Gasteiger partial charge in [0.15, 0.2) is 0 Å². The van der Waals surface area contributed by atoms with Gasteiger partial charge >= 0.3 is 0 Å². The minimum absolute atomic E-state index is 0. The van der Waals surface area contributed by atoms with Gasteiger partial charge in [-0.1, -0.05) is 11.6 Å². The van der Waals surface area contributed by atoms with Gasteiger partial charge in [0.25, 0.3) is 0 Å². The molecule has 0 bridgehead atoms. The first-order valence-electron chi connectivity index (χ1n) is 5.89. The molecule has 0 radical (unpaired) electrons. The summed E-state index contributed by atoms with van der Waals surface area (Å²) in [7, 11) is -3.61. The van der Waals surface area contributed by atoms with Gasteiger partial charge in [0.05, 0.1) is 16.7 Å². The minimum Gasteiger partial charge on any atom is -0.314 e. The average molecular weight is 336 g/mol. The molecule has 1 atom stereocenters. The fourth-order valence-corrected chi connectivity index (χ4v) is 4.24. The van der Waals surface area contributed by atoms with Crippen molar-refractivity contribution in [3.05, 3.63) is 28.8 Å². The number of nitrogens with one attached hydrogen (secondary N) is 1. The number of halogens is 2. The Labute approximate surface area is 130 Å². The summed E-state index contributed by atoms with van der Waals surface area (Å²) in [5.74, 6) is 0. The van der Waals surface area contributed by atoms with Gasteiger partial charge in [0, 0.05) is 25.7 Å². The summed E-state index contributed by atoms with van der Waals surface area (Å²) >= 11 is 5.99. The van der Waals surface area contributed by atoms with Crippen LogP contribution in [0.3, 0.4) is 0 Å². The molecule has 0 amide bonds. The predicted molar refractivity (Wildman–Crippen MR) is 79.6 cm³/mol. The number of hydrogen-bond acceptors (Lipinski definition) is 4. The summed E-state index contributed by atoms with van der Waals surface area (Å²) < 4.78 is 26.5. The Bertz CT molecular complexity index is 628. The second-order valence-electron chi connectivity index (χ2n) is 4.43. The summed E-state index contributed by atoms with van der Waals surface area (Å²) in [5, 5.41) is 12.0. The standard InChI is InChI=1S/C12H14ClN3O2S.ClH/c1-9-8-15-4-5-16(9)19(17,18)12-3-2-10(7-14)6-11(12)13;/h2-3,6,9,15H,4-5,8H2,1H3;1H. The van der Waals surface area contributed by atoms with E-state index in [4.69, 9.17) is 16.9 Å². The SMILES string of the molecule is CC1CNCCN1S(=O)(=O)c1ccc(C#N)cc1Cl.Cl. The Kier molecular flexibility index (Phi) is 5.80. The van der Waals surface area contributed by atoms with E-state index in [0.29, 0.717) is 25.2 Å². The number of sulfonamides is 1. The van der Waals surface area contributed by atoms with Gasteiger partial charge in [-0.05, 0) is 25.1 Å². The van der Waals surface area contributed by atoms with Gasteiger partial charge in [-0.25, -0.2) is 8.42 Å². The molecule has 110 valence electrons. The van der Waals surface area contributed by atoms with Crippen LogP contribution in [-0.4, -0.2) is 38.4 Å². The topological polar surface area (TPSA) is 73.2 Å². The van der Waals surface area contributed by atoms with Gasteiger partial charge in [-0.15, -0.1) is 12.4 Å². The fraction of sp³-hybridized carbons (Fsp3) is 0.417. The Morgan fingerprint density at radius 1 is 1.50 bits per heavy atom. The van der Waals surface area contributed by atoms with Crippen molar-refractivity contribution in [1.29, 1.82) is 5.26 Å². The maximum absolute atomic E-state index is 12.5. The molecule has 1 fully saturated rings. The van der Waals surface area contributed by atoms with Gasteiger partial charge in [-0.2, -0.15) is 9.57 Å². The van der Waals surface area contributed by atoms with Crippen LogP contribution in [0.4, 0.5) is 0 Å². The van der Waals surface area contributed by atoms with E-state index < -0.39 is 10.0 Å². The molecule has 0 aromatic heterocycles. The third-order valence-corrected chi connectivity index (χ3v) is 5.58. The molecule has 1 aliphatic rings. The zero-order valence-electron chi connectivity index (χ0n) is 10.8. The first kappa shape index (κ1) is 17.2. The fourth-order valence-electron chi connectivity index (χ4n) is 2.09. The third kappa shape index (κ3) is 3.25. The van der Waals surface area contributed by atoms with Gasteiger partial charge in [0.2, 0.25) is 10.0 Å². The first-order valence-corrected chi connectivity index (χ1v) is 7.71. The molecule has 2 rings (SSSR count). The molecule has 8 heteroatoms. The largest absolute Gasteiger partial charge is 0.314 e. The summed E-state index contributed by atoms with van der Waals surface area (Å²) in [6, 6.07) is 6.05. The summed E-state index contributed by atoms with van der Waals surface area (Å²) in [6.45, 7) is 3.51. The lowest BCUT2D eigenvalue weighted by molar-refractivity contribution is 0.284. The van der Waals surface area contributed by atoms with Gasteiger partial charge in [-0.3, -0.25) is 0 Å². The van der Waals surface area contributed by atoms with E-state index in [-0.39, 0.29) is 28.4 Å². The number of piperazine rings is 1. The summed E-state index contributed by atoms with van der Waals surface area (Å²) in [5.41, 5.74) is 0.345. The summed E-state index contributed by atoms with van der Waals surface area (Å²) in [6.07, 6.45) is 0. The van der Waals surface area contributed by atoms with Crippen LogP contribution in [0.15, 0.2) is 23.1 Å². The van der Waals surface area contributed by atoms with Crippen molar-refractivity contribution >= 4 is 34.0 Å². The highest BCUT2D eigenvalue weighted by molar-refractivity contribution is 7.89.